The Bertz CT molecular complexity index is 1170. The number of aliphatic hydroxyl groups excluding tert-OH is 1. The lowest BCUT2D eigenvalue weighted by Crippen LogP contribution is -2.32. The zero-order valence-corrected chi connectivity index (χ0v) is 17.0. The smallest absolute Gasteiger partial charge is 0.295 e. The van der Waals surface area contributed by atoms with E-state index in [9.17, 15) is 14.7 Å². The topological polar surface area (TPSA) is 97.0 Å². The summed E-state index contributed by atoms with van der Waals surface area (Å²) in [6.07, 6.45) is 5.04. The van der Waals surface area contributed by atoms with E-state index in [0.29, 0.717) is 16.9 Å². The lowest BCUT2D eigenvalue weighted by molar-refractivity contribution is -0.140. The van der Waals surface area contributed by atoms with Crippen LogP contribution in [0.5, 0.6) is 0 Å². The minimum atomic E-state index is -0.765. The van der Waals surface area contributed by atoms with Crippen molar-refractivity contribution in [2.24, 2.45) is 0 Å². The molecule has 4 rings (SSSR count). The van der Waals surface area contributed by atoms with Gasteiger partial charge in [-0.2, -0.15) is 0 Å². The SMILES string of the molecule is COCCN1C(=O)C(=O)C(=C(O)c2nc3c(C)cccn3c2C)C1c1cccnc1. The van der Waals surface area contributed by atoms with Crippen LogP contribution in [-0.4, -0.2) is 56.3 Å². The molecule has 1 amide bonds. The summed E-state index contributed by atoms with van der Waals surface area (Å²) >= 11 is 0. The number of aliphatic hydroxyl groups is 1. The Hall–Kier alpha value is -3.52. The third-order valence-corrected chi connectivity index (χ3v) is 5.38. The third kappa shape index (κ3) is 3.05. The summed E-state index contributed by atoms with van der Waals surface area (Å²) in [7, 11) is 1.53. The predicted molar refractivity (Wildman–Crippen MR) is 110 cm³/mol. The Morgan fingerprint density at radius 3 is 2.70 bits per heavy atom. The van der Waals surface area contributed by atoms with E-state index in [1.54, 1.807) is 24.5 Å². The van der Waals surface area contributed by atoms with E-state index in [2.05, 4.69) is 9.97 Å². The Balaban J connectivity index is 1.93. The summed E-state index contributed by atoms with van der Waals surface area (Å²) in [5.41, 5.74) is 3.22. The molecule has 4 heterocycles. The molecule has 0 spiro atoms. The van der Waals surface area contributed by atoms with Gasteiger partial charge in [0, 0.05) is 32.2 Å². The normalized spacial score (nSPS) is 18.5. The summed E-state index contributed by atoms with van der Waals surface area (Å²) in [6.45, 7) is 4.20. The maximum Gasteiger partial charge on any atom is 0.295 e. The summed E-state index contributed by atoms with van der Waals surface area (Å²) in [4.78, 5) is 35.8. The summed E-state index contributed by atoms with van der Waals surface area (Å²) in [5.74, 6) is -1.71. The number of carbonyl (C=O) groups is 2. The number of carbonyl (C=O) groups excluding carboxylic acids is 2. The fourth-order valence-corrected chi connectivity index (χ4v) is 3.86. The molecular formula is C22H22N4O4. The van der Waals surface area contributed by atoms with Crippen molar-refractivity contribution in [3.05, 3.63) is 70.9 Å². The molecule has 1 aliphatic rings. The van der Waals surface area contributed by atoms with Gasteiger partial charge in [-0.3, -0.25) is 14.6 Å². The Labute approximate surface area is 173 Å². The average molecular weight is 406 g/mol. The number of ketones is 1. The maximum atomic E-state index is 13.0. The number of hydrogen-bond acceptors (Lipinski definition) is 6. The van der Waals surface area contributed by atoms with Gasteiger partial charge in [-0.1, -0.05) is 12.1 Å². The van der Waals surface area contributed by atoms with E-state index < -0.39 is 17.7 Å². The molecule has 1 atom stereocenters. The van der Waals surface area contributed by atoms with Crippen LogP contribution in [0.2, 0.25) is 0 Å². The standard InChI is InChI=1S/C22H22N4O4/c1-13-6-5-9-25-14(2)17(24-21(13)25)19(27)16-18(15-7-4-8-23-12-15)26(10-11-30-3)22(29)20(16)28/h4-9,12,18,27H,10-11H2,1-3H3. The van der Waals surface area contributed by atoms with Crippen molar-refractivity contribution >= 4 is 23.1 Å². The highest BCUT2D eigenvalue weighted by Crippen LogP contribution is 2.39. The molecule has 1 N–H and O–H groups in total. The molecule has 1 aliphatic heterocycles. The molecule has 0 bridgehead atoms. The molecule has 1 unspecified atom stereocenters. The van der Waals surface area contributed by atoms with E-state index >= 15 is 0 Å². The van der Waals surface area contributed by atoms with Crippen molar-refractivity contribution in [2.75, 3.05) is 20.3 Å². The number of methoxy groups -OCH3 is 1. The third-order valence-electron chi connectivity index (χ3n) is 5.38. The highest BCUT2D eigenvalue weighted by molar-refractivity contribution is 6.46. The van der Waals surface area contributed by atoms with Crippen LogP contribution in [0.1, 0.15) is 28.6 Å². The first kappa shape index (κ1) is 19.8. The Morgan fingerprint density at radius 2 is 2.03 bits per heavy atom. The van der Waals surface area contributed by atoms with Gasteiger partial charge in [0.1, 0.15) is 11.3 Å². The van der Waals surface area contributed by atoms with Crippen molar-refractivity contribution in [3.8, 4) is 0 Å². The fraction of sp³-hybridized carbons (Fsp3) is 0.273. The van der Waals surface area contributed by atoms with Crippen LogP contribution in [0.4, 0.5) is 0 Å². The summed E-state index contributed by atoms with van der Waals surface area (Å²) in [5, 5.41) is 11.2. The molecule has 154 valence electrons. The van der Waals surface area contributed by atoms with Crippen molar-refractivity contribution in [3.63, 3.8) is 0 Å². The monoisotopic (exact) mass is 406 g/mol. The first-order valence-corrected chi connectivity index (χ1v) is 9.57. The zero-order valence-electron chi connectivity index (χ0n) is 17.0. The molecule has 0 aliphatic carbocycles. The first-order valence-electron chi connectivity index (χ1n) is 9.57. The Kier molecular flexibility index (Phi) is 5.09. The number of nitrogens with zero attached hydrogens (tertiary/aromatic N) is 4. The number of aromatic nitrogens is 3. The summed E-state index contributed by atoms with van der Waals surface area (Å²) < 4.78 is 6.96. The quantitative estimate of drug-likeness (QED) is 0.397. The lowest BCUT2D eigenvalue weighted by Gasteiger charge is -2.24. The lowest BCUT2D eigenvalue weighted by atomic mass is 9.97. The van der Waals surface area contributed by atoms with Crippen LogP contribution in [-0.2, 0) is 14.3 Å². The van der Waals surface area contributed by atoms with Gasteiger partial charge in [-0.05, 0) is 37.1 Å². The van der Waals surface area contributed by atoms with Crippen molar-refractivity contribution in [1.29, 1.82) is 0 Å². The number of Topliss-reactive ketones (excluding diaryl/α,β-unsaturated/α-hetero) is 1. The molecule has 1 saturated heterocycles. The van der Waals surface area contributed by atoms with E-state index in [-0.39, 0.29) is 30.2 Å². The number of likely N-dealkylation sites (tertiary alicyclic amines) is 1. The molecule has 8 nitrogen and oxygen atoms in total. The van der Waals surface area contributed by atoms with E-state index in [1.807, 2.05) is 36.6 Å². The van der Waals surface area contributed by atoms with Gasteiger partial charge >= 0.3 is 0 Å². The van der Waals surface area contributed by atoms with E-state index in [4.69, 9.17) is 4.74 Å². The second kappa shape index (κ2) is 7.72. The van der Waals surface area contributed by atoms with Crippen LogP contribution < -0.4 is 0 Å². The van der Waals surface area contributed by atoms with Gasteiger partial charge in [0.25, 0.3) is 11.7 Å². The molecule has 1 fully saturated rings. The first-order chi connectivity index (χ1) is 14.5. The molecule has 0 saturated carbocycles. The number of aryl methyl sites for hydroxylation is 2. The van der Waals surface area contributed by atoms with Gasteiger partial charge in [0.2, 0.25) is 0 Å². The highest BCUT2D eigenvalue weighted by Gasteiger charge is 2.46. The molecule has 3 aromatic rings. The van der Waals surface area contributed by atoms with Crippen molar-refractivity contribution in [2.45, 2.75) is 19.9 Å². The minimum absolute atomic E-state index is 0.00765. The maximum absolute atomic E-state index is 13.0. The van der Waals surface area contributed by atoms with Crippen molar-refractivity contribution in [1.82, 2.24) is 19.3 Å². The number of rotatable bonds is 5. The molecular weight excluding hydrogens is 384 g/mol. The van der Waals surface area contributed by atoms with Crippen LogP contribution in [0.25, 0.3) is 11.4 Å². The second-order valence-electron chi connectivity index (χ2n) is 7.20. The Morgan fingerprint density at radius 1 is 1.23 bits per heavy atom. The number of fused-ring (bicyclic) bond motifs is 1. The number of pyridine rings is 2. The van der Waals surface area contributed by atoms with Crippen LogP contribution in [0.15, 0.2) is 48.4 Å². The van der Waals surface area contributed by atoms with Crippen LogP contribution in [0.3, 0.4) is 0 Å². The summed E-state index contributed by atoms with van der Waals surface area (Å²) in [6, 6.07) is 6.55. The van der Waals surface area contributed by atoms with E-state index in [1.165, 1.54) is 12.0 Å². The average Bonchev–Trinajstić information content (AvgIpc) is 3.22. The second-order valence-corrected chi connectivity index (χ2v) is 7.20. The number of amides is 1. The van der Waals surface area contributed by atoms with Gasteiger partial charge in [-0.25, -0.2) is 4.98 Å². The number of ether oxygens (including phenoxy) is 1. The number of hydrogen-bond donors (Lipinski definition) is 1. The van der Waals surface area contributed by atoms with Crippen molar-refractivity contribution < 1.29 is 19.4 Å². The van der Waals surface area contributed by atoms with Crippen LogP contribution in [0, 0.1) is 13.8 Å². The minimum Gasteiger partial charge on any atom is -0.505 e. The van der Waals surface area contributed by atoms with Gasteiger partial charge in [0.05, 0.1) is 23.9 Å². The fourth-order valence-electron chi connectivity index (χ4n) is 3.86. The highest BCUT2D eigenvalue weighted by atomic mass is 16.5. The molecule has 30 heavy (non-hydrogen) atoms. The van der Waals surface area contributed by atoms with Gasteiger partial charge in [0.15, 0.2) is 5.76 Å². The number of imidazole rings is 1. The molecule has 3 aromatic heterocycles. The van der Waals surface area contributed by atoms with E-state index in [0.717, 1.165) is 5.56 Å². The molecule has 0 aromatic carbocycles. The van der Waals surface area contributed by atoms with Crippen LogP contribution >= 0.6 is 0 Å². The zero-order chi connectivity index (χ0) is 21.4. The van der Waals surface area contributed by atoms with Gasteiger partial charge in [-0.15, -0.1) is 0 Å². The molecule has 0 radical (unpaired) electrons. The predicted octanol–water partition coefficient (Wildman–Crippen LogP) is 2.41. The molecule has 8 heteroatoms. The largest absolute Gasteiger partial charge is 0.505 e. The van der Waals surface area contributed by atoms with Gasteiger partial charge < -0.3 is 19.1 Å².